The highest BCUT2D eigenvalue weighted by Crippen LogP contribution is 2.34. The van der Waals surface area contributed by atoms with Crippen LogP contribution in [0.5, 0.6) is 5.75 Å². The second-order valence-electron chi connectivity index (χ2n) is 5.53. The molecule has 0 radical (unpaired) electrons. The average molecular weight is 391 g/mol. The zero-order valence-corrected chi connectivity index (χ0v) is 15.8. The minimum Gasteiger partial charge on any atom is -0.494 e. The monoisotopic (exact) mass is 391 g/mol. The van der Waals surface area contributed by atoms with Crippen molar-refractivity contribution in [1.29, 1.82) is 0 Å². The predicted molar refractivity (Wildman–Crippen MR) is 101 cm³/mol. The lowest BCUT2D eigenvalue weighted by molar-refractivity contribution is -0.118. The zero-order valence-electron chi connectivity index (χ0n) is 14.1. The highest BCUT2D eigenvalue weighted by atomic mass is 32.2. The van der Waals surface area contributed by atoms with Crippen LogP contribution in [-0.2, 0) is 14.6 Å². The maximum absolute atomic E-state index is 12.2. The molecule has 0 spiro atoms. The van der Waals surface area contributed by atoms with E-state index in [1.54, 1.807) is 25.3 Å². The predicted octanol–water partition coefficient (Wildman–Crippen LogP) is 2.53. The second-order valence-corrected chi connectivity index (χ2v) is 8.52. The molecule has 1 heterocycles. The Morgan fingerprint density at radius 2 is 1.92 bits per heavy atom. The van der Waals surface area contributed by atoms with Crippen LogP contribution < -0.4 is 15.6 Å². The number of carbonyl (C=O) groups excluding carboxylic acids is 1. The molecule has 0 aliphatic rings. The fourth-order valence-electron chi connectivity index (χ4n) is 2.37. The largest absolute Gasteiger partial charge is 0.494 e. The van der Waals surface area contributed by atoms with Crippen LogP contribution in [0.4, 0.5) is 5.13 Å². The summed E-state index contributed by atoms with van der Waals surface area (Å²) in [6.07, 6.45) is 0. The topological polar surface area (TPSA) is 97.4 Å². The summed E-state index contributed by atoms with van der Waals surface area (Å²) in [4.78, 5) is 16.5. The summed E-state index contributed by atoms with van der Waals surface area (Å²) in [6.45, 7) is 1.95. The lowest BCUT2D eigenvalue weighted by Gasteiger charge is -2.06. The molecule has 9 heteroatoms. The molecule has 2 N–H and O–H groups in total. The Morgan fingerprint density at radius 1 is 1.19 bits per heavy atom. The fraction of sp³-hybridized carbons (Fsp3) is 0.176. The number of hydrazine groups is 1. The number of anilines is 1. The van der Waals surface area contributed by atoms with Crippen LogP contribution >= 0.6 is 11.3 Å². The molecule has 0 saturated carbocycles. The van der Waals surface area contributed by atoms with Gasteiger partial charge in [-0.15, -0.1) is 0 Å². The molecule has 7 nitrogen and oxygen atoms in total. The fourth-order valence-corrected chi connectivity index (χ4v) is 4.43. The number of thiazole rings is 1. The van der Waals surface area contributed by atoms with Crippen molar-refractivity contribution in [3.05, 3.63) is 48.0 Å². The maximum Gasteiger partial charge on any atom is 0.253 e. The average Bonchev–Trinajstić information content (AvgIpc) is 3.06. The Labute approximate surface area is 154 Å². The molecule has 0 saturated heterocycles. The third-order valence-electron chi connectivity index (χ3n) is 3.66. The van der Waals surface area contributed by atoms with Gasteiger partial charge in [0, 0.05) is 0 Å². The van der Waals surface area contributed by atoms with Gasteiger partial charge in [-0.2, -0.15) is 0 Å². The van der Waals surface area contributed by atoms with E-state index in [-0.39, 0.29) is 4.90 Å². The number of aryl methyl sites for hydroxylation is 1. The van der Waals surface area contributed by atoms with Gasteiger partial charge in [0.25, 0.3) is 5.91 Å². The van der Waals surface area contributed by atoms with Gasteiger partial charge in [-0.1, -0.05) is 35.6 Å². The van der Waals surface area contributed by atoms with E-state index in [2.05, 4.69) is 15.8 Å². The SMILES string of the molecule is COc1ccc(C)c2sc(NNC(=O)CS(=O)(=O)c3ccccc3)nc12. The number of ether oxygens (including phenoxy) is 1. The Bertz CT molecular complexity index is 1050. The quantitative estimate of drug-likeness (QED) is 0.627. The number of hydrogen-bond acceptors (Lipinski definition) is 7. The van der Waals surface area contributed by atoms with Crippen LogP contribution in [0.25, 0.3) is 10.2 Å². The third-order valence-corrected chi connectivity index (χ3v) is 6.39. The molecule has 1 aromatic heterocycles. The highest BCUT2D eigenvalue weighted by Gasteiger charge is 2.19. The van der Waals surface area contributed by atoms with Gasteiger partial charge in [-0.3, -0.25) is 15.6 Å². The molecule has 136 valence electrons. The summed E-state index contributed by atoms with van der Waals surface area (Å²) < 4.78 is 30.6. The Balaban J connectivity index is 1.70. The van der Waals surface area contributed by atoms with Crippen LogP contribution in [0.1, 0.15) is 5.56 Å². The summed E-state index contributed by atoms with van der Waals surface area (Å²) in [5, 5.41) is 0.443. The Kier molecular flexibility index (Phi) is 5.10. The molecule has 3 aromatic rings. The molecule has 0 aliphatic carbocycles. The van der Waals surface area contributed by atoms with E-state index in [0.29, 0.717) is 16.4 Å². The molecule has 0 bridgehead atoms. The number of rotatable bonds is 6. The highest BCUT2D eigenvalue weighted by molar-refractivity contribution is 7.92. The van der Waals surface area contributed by atoms with Crippen molar-refractivity contribution in [2.75, 3.05) is 18.3 Å². The summed E-state index contributed by atoms with van der Waals surface area (Å²) in [7, 11) is -2.13. The maximum atomic E-state index is 12.2. The molecule has 0 unspecified atom stereocenters. The van der Waals surface area contributed by atoms with Gasteiger partial charge < -0.3 is 4.74 Å². The van der Waals surface area contributed by atoms with Crippen molar-refractivity contribution >= 4 is 42.4 Å². The number of benzene rings is 2. The standard InChI is InChI=1S/C17H17N3O4S2/c1-11-8-9-13(24-2)15-16(11)25-17(18-15)20-19-14(21)10-26(22,23)12-6-4-3-5-7-12/h3-9H,10H2,1-2H3,(H,18,20)(H,19,21). The lowest BCUT2D eigenvalue weighted by atomic mass is 10.2. The van der Waals surface area contributed by atoms with E-state index in [0.717, 1.165) is 10.3 Å². The number of amides is 1. The van der Waals surface area contributed by atoms with E-state index in [1.165, 1.54) is 23.5 Å². The number of fused-ring (bicyclic) bond motifs is 1. The van der Waals surface area contributed by atoms with Crippen molar-refractivity contribution < 1.29 is 17.9 Å². The Morgan fingerprint density at radius 3 is 2.62 bits per heavy atom. The number of carbonyl (C=O) groups is 1. The van der Waals surface area contributed by atoms with Gasteiger partial charge in [-0.25, -0.2) is 13.4 Å². The van der Waals surface area contributed by atoms with Crippen molar-refractivity contribution in [2.45, 2.75) is 11.8 Å². The van der Waals surface area contributed by atoms with Crippen LogP contribution in [0.2, 0.25) is 0 Å². The van der Waals surface area contributed by atoms with Gasteiger partial charge in [0.05, 0.1) is 16.7 Å². The number of nitrogens with one attached hydrogen (secondary N) is 2. The first-order valence-corrected chi connectivity index (χ1v) is 10.1. The Hall–Kier alpha value is -2.65. The lowest BCUT2D eigenvalue weighted by Crippen LogP contribution is -2.34. The molecule has 0 aliphatic heterocycles. The van der Waals surface area contributed by atoms with Crippen LogP contribution in [0.15, 0.2) is 47.4 Å². The van der Waals surface area contributed by atoms with E-state index in [9.17, 15) is 13.2 Å². The van der Waals surface area contributed by atoms with E-state index < -0.39 is 21.5 Å². The zero-order chi connectivity index (χ0) is 18.7. The van der Waals surface area contributed by atoms with E-state index >= 15 is 0 Å². The molecule has 1 amide bonds. The van der Waals surface area contributed by atoms with Crippen molar-refractivity contribution in [2.24, 2.45) is 0 Å². The molecular weight excluding hydrogens is 374 g/mol. The van der Waals surface area contributed by atoms with Crippen LogP contribution in [0.3, 0.4) is 0 Å². The van der Waals surface area contributed by atoms with E-state index in [4.69, 9.17) is 4.74 Å². The first-order valence-electron chi connectivity index (χ1n) is 7.67. The number of sulfone groups is 1. The van der Waals surface area contributed by atoms with Crippen LogP contribution in [-0.4, -0.2) is 32.2 Å². The van der Waals surface area contributed by atoms with Crippen molar-refractivity contribution in [3.63, 3.8) is 0 Å². The summed E-state index contributed by atoms with van der Waals surface area (Å²) in [5.41, 5.74) is 6.77. The van der Waals surface area contributed by atoms with Crippen LogP contribution in [0, 0.1) is 6.92 Å². The summed E-state index contributed by atoms with van der Waals surface area (Å²) >= 11 is 1.34. The van der Waals surface area contributed by atoms with Gasteiger partial charge in [0.1, 0.15) is 17.0 Å². The molecule has 3 rings (SSSR count). The summed E-state index contributed by atoms with van der Waals surface area (Å²) in [5.74, 6) is -0.693. The number of nitrogens with zero attached hydrogens (tertiary/aromatic N) is 1. The summed E-state index contributed by atoms with van der Waals surface area (Å²) in [6, 6.07) is 11.6. The molecule has 2 aromatic carbocycles. The minimum absolute atomic E-state index is 0.107. The first kappa shape index (κ1) is 18.2. The first-order chi connectivity index (χ1) is 12.4. The smallest absolute Gasteiger partial charge is 0.253 e. The third kappa shape index (κ3) is 3.78. The van der Waals surface area contributed by atoms with Crippen molar-refractivity contribution in [3.8, 4) is 5.75 Å². The number of hydrogen-bond donors (Lipinski definition) is 2. The molecule has 0 atom stereocenters. The van der Waals surface area contributed by atoms with Gasteiger partial charge in [0.2, 0.25) is 5.13 Å². The van der Waals surface area contributed by atoms with Gasteiger partial charge in [0.15, 0.2) is 9.84 Å². The van der Waals surface area contributed by atoms with Crippen molar-refractivity contribution in [1.82, 2.24) is 10.4 Å². The minimum atomic E-state index is -3.69. The van der Waals surface area contributed by atoms with Gasteiger partial charge in [-0.05, 0) is 30.7 Å². The molecule has 0 fully saturated rings. The normalized spacial score (nSPS) is 11.3. The molecular formula is C17H17N3O4S2. The number of methoxy groups -OCH3 is 1. The van der Waals surface area contributed by atoms with E-state index in [1.807, 2.05) is 19.1 Å². The van der Waals surface area contributed by atoms with Gasteiger partial charge >= 0.3 is 0 Å². The molecule has 26 heavy (non-hydrogen) atoms. The second kappa shape index (κ2) is 7.30. The number of aromatic nitrogens is 1.